The van der Waals surface area contributed by atoms with Gasteiger partial charge in [0.2, 0.25) is 5.12 Å². The molecular formula is C5H6OS2. The zero-order chi connectivity index (χ0) is 6.57. The zero-order valence-corrected chi connectivity index (χ0v) is 5.95. The molecule has 0 rings (SSSR count). The molecular weight excluding hydrogens is 140 g/mol. The van der Waals surface area contributed by atoms with E-state index < -0.39 is 5.92 Å². The lowest BCUT2D eigenvalue weighted by molar-refractivity contribution is -0.112. The Kier molecular flexibility index (Phi) is 3.84. The number of terminal acetylenes is 1. The molecule has 0 aliphatic rings. The van der Waals surface area contributed by atoms with Gasteiger partial charge in [-0.2, -0.15) is 12.6 Å². The molecule has 1 unspecified atom stereocenters. The van der Waals surface area contributed by atoms with Crippen LogP contribution in [0.25, 0.3) is 0 Å². The van der Waals surface area contributed by atoms with Crippen LogP contribution in [0.15, 0.2) is 0 Å². The Labute approximate surface area is 59.7 Å². The number of carbonyl (C=O) groups excluding carboxylic acids is 1. The SMILES string of the molecule is C#CC(CS)C(=O)S. The minimum absolute atomic E-state index is 0.289. The normalized spacial score (nSPS) is 12.1. The predicted molar refractivity (Wildman–Crippen MR) is 40.2 cm³/mol. The summed E-state index contributed by atoms with van der Waals surface area (Å²) < 4.78 is 0. The Morgan fingerprint density at radius 3 is 2.38 bits per heavy atom. The highest BCUT2D eigenvalue weighted by atomic mass is 32.1. The van der Waals surface area contributed by atoms with Gasteiger partial charge in [-0.3, -0.25) is 4.79 Å². The maximum atomic E-state index is 10.3. The van der Waals surface area contributed by atoms with Crippen LogP contribution in [-0.2, 0) is 4.79 Å². The van der Waals surface area contributed by atoms with E-state index >= 15 is 0 Å². The molecule has 0 aromatic carbocycles. The van der Waals surface area contributed by atoms with E-state index in [0.29, 0.717) is 5.75 Å². The average molecular weight is 146 g/mol. The summed E-state index contributed by atoms with van der Waals surface area (Å²) >= 11 is 7.35. The molecule has 3 heteroatoms. The summed E-state index contributed by atoms with van der Waals surface area (Å²) in [7, 11) is 0. The first-order chi connectivity index (χ1) is 3.72. The van der Waals surface area contributed by atoms with Crippen molar-refractivity contribution < 1.29 is 4.79 Å². The lowest BCUT2D eigenvalue weighted by Crippen LogP contribution is -2.06. The van der Waals surface area contributed by atoms with E-state index in [-0.39, 0.29) is 5.12 Å². The molecule has 0 aromatic rings. The van der Waals surface area contributed by atoms with Crippen molar-refractivity contribution in [3.8, 4) is 12.3 Å². The smallest absolute Gasteiger partial charge is 0.201 e. The van der Waals surface area contributed by atoms with E-state index in [9.17, 15) is 4.79 Å². The Hall–Kier alpha value is -0.0700. The highest BCUT2D eigenvalue weighted by Gasteiger charge is 2.07. The minimum Gasteiger partial charge on any atom is -0.286 e. The molecule has 0 aliphatic heterocycles. The predicted octanol–water partition coefficient (Wildman–Crippen LogP) is 0.622. The van der Waals surface area contributed by atoms with Crippen molar-refractivity contribution >= 4 is 30.4 Å². The Balaban J connectivity index is 3.76. The van der Waals surface area contributed by atoms with Crippen LogP contribution in [0, 0.1) is 18.3 Å². The van der Waals surface area contributed by atoms with Gasteiger partial charge in [-0.25, -0.2) is 0 Å². The molecule has 8 heavy (non-hydrogen) atoms. The fraction of sp³-hybridized carbons (Fsp3) is 0.400. The van der Waals surface area contributed by atoms with E-state index in [1.54, 1.807) is 0 Å². The second kappa shape index (κ2) is 3.88. The lowest BCUT2D eigenvalue weighted by Gasteiger charge is -1.96. The minimum atomic E-state index is -0.429. The quantitative estimate of drug-likeness (QED) is 0.431. The van der Waals surface area contributed by atoms with Crippen molar-refractivity contribution in [1.29, 1.82) is 0 Å². The topological polar surface area (TPSA) is 17.1 Å². The number of hydrogen-bond donors (Lipinski definition) is 2. The van der Waals surface area contributed by atoms with Gasteiger partial charge in [0, 0.05) is 5.75 Å². The van der Waals surface area contributed by atoms with Crippen LogP contribution < -0.4 is 0 Å². The third kappa shape index (κ3) is 2.29. The molecule has 44 valence electrons. The van der Waals surface area contributed by atoms with Crippen LogP contribution in [0.1, 0.15) is 0 Å². The van der Waals surface area contributed by atoms with Crippen molar-refractivity contribution in [2.24, 2.45) is 5.92 Å². The first-order valence-corrected chi connectivity index (χ1v) is 3.10. The summed E-state index contributed by atoms with van der Waals surface area (Å²) in [6.07, 6.45) is 4.92. The molecule has 0 saturated carbocycles. The molecule has 0 spiro atoms. The summed E-state index contributed by atoms with van der Waals surface area (Å²) in [5.74, 6) is 2.19. The fourth-order valence-electron chi connectivity index (χ4n) is 0.202. The highest BCUT2D eigenvalue weighted by molar-refractivity contribution is 7.96. The molecule has 1 nitrogen and oxygen atoms in total. The summed E-state index contributed by atoms with van der Waals surface area (Å²) in [6.45, 7) is 0. The van der Waals surface area contributed by atoms with Crippen LogP contribution in [0.3, 0.4) is 0 Å². The van der Waals surface area contributed by atoms with Gasteiger partial charge >= 0.3 is 0 Å². The lowest BCUT2D eigenvalue weighted by atomic mass is 10.2. The van der Waals surface area contributed by atoms with E-state index in [4.69, 9.17) is 6.42 Å². The van der Waals surface area contributed by atoms with Crippen LogP contribution >= 0.6 is 25.3 Å². The number of rotatable bonds is 2. The second-order valence-corrected chi connectivity index (χ2v) is 2.05. The Morgan fingerprint density at radius 2 is 2.38 bits per heavy atom. The molecule has 0 fully saturated rings. The number of carbonyl (C=O) groups is 1. The summed E-state index contributed by atoms with van der Waals surface area (Å²) in [5.41, 5.74) is 0. The van der Waals surface area contributed by atoms with Crippen molar-refractivity contribution in [3.05, 3.63) is 0 Å². The molecule has 1 atom stereocenters. The van der Waals surface area contributed by atoms with E-state index in [1.165, 1.54) is 0 Å². The first kappa shape index (κ1) is 7.93. The highest BCUT2D eigenvalue weighted by Crippen LogP contribution is 2.00. The average Bonchev–Trinajstić information content (AvgIpc) is 1.69. The van der Waals surface area contributed by atoms with E-state index in [1.807, 2.05) is 0 Å². The van der Waals surface area contributed by atoms with Gasteiger partial charge in [0.1, 0.15) is 0 Å². The molecule has 0 N–H and O–H groups in total. The number of hydrogen-bond acceptors (Lipinski definition) is 2. The van der Waals surface area contributed by atoms with Gasteiger partial charge in [0.25, 0.3) is 0 Å². The van der Waals surface area contributed by atoms with E-state index in [0.717, 1.165) is 0 Å². The van der Waals surface area contributed by atoms with Crippen molar-refractivity contribution in [1.82, 2.24) is 0 Å². The van der Waals surface area contributed by atoms with Gasteiger partial charge in [0.05, 0.1) is 5.92 Å². The summed E-state index contributed by atoms with van der Waals surface area (Å²) in [5, 5.41) is -0.289. The van der Waals surface area contributed by atoms with Gasteiger partial charge in [-0.05, 0) is 0 Å². The van der Waals surface area contributed by atoms with Crippen LogP contribution in [0.4, 0.5) is 0 Å². The Bertz CT molecular complexity index is 125. The molecule has 0 heterocycles. The largest absolute Gasteiger partial charge is 0.286 e. The zero-order valence-electron chi connectivity index (χ0n) is 4.16. The Morgan fingerprint density at radius 1 is 1.88 bits per heavy atom. The van der Waals surface area contributed by atoms with Gasteiger partial charge in [-0.15, -0.1) is 19.1 Å². The van der Waals surface area contributed by atoms with Crippen molar-refractivity contribution in [3.63, 3.8) is 0 Å². The summed E-state index contributed by atoms with van der Waals surface area (Å²) in [6, 6.07) is 0. The van der Waals surface area contributed by atoms with Crippen LogP contribution in [0.5, 0.6) is 0 Å². The van der Waals surface area contributed by atoms with Gasteiger partial charge < -0.3 is 0 Å². The summed E-state index contributed by atoms with van der Waals surface area (Å²) in [4.78, 5) is 10.3. The van der Waals surface area contributed by atoms with Crippen LogP contribution in [0.2, 0.25) is 0 Å². The maximum absolute atomic E-state index is 10.3. The molecule has 0 saturated heterocycles. The number of thiol groups is 2. The third-order valence-corrected chi connectivity index (χ3v) is 1.36. The molecule has 0 aromatic heterocycles. The third-order valence-electron chi connectivity index (χ3n) is 0.682. The monoisotopic (exact) mass is 146 g/mol. The maximum Gasteiger partial charge on any atom is 0.201 e. The van der Waals surface area contributed by atoms with Crippen molar-refractivity contribution in [2.75, 3.05) is 5.75 Å². The van der Waals surface area contributed by atoms with Gasteiger partial charge in [-0.1, -0.05) is 5.92 Å². The van der Waals surface area contributed by atoms with Gasteiger partial charge in [0.15, 0.2) is 0 Å². The van der Waals surface area contributed by atoms with Crippen LogP contribution in [-0.4, -0.2) is 10.9 Å². The molecule has 0 amide bonds. The van der Waals surface area contributed by atoms with E-state index in [2.05, 4.69) is 31.2 Å². The fourth-order valence-corrected chi connectivity index (χ4v) is 0.783. The van der Waals surface area contributed by atoms with Crippen molar-refractivity contribution in [2.45, 2.75) is 0 Å². The molecule has 0 bridgehead atoms. The first-order valence-electron chi connectivity index (χ1n) is 2.02. The standard InChI is InChI=1S/C5H6OS2/c1-2-4(3-7)5(6)8/h1,4,7H,3H2,(H,6,8). The molecule has 0 aliphatic carbocycles. The second-order valence-electron chi connectivity index (χ2n) is 1.24. The molecule has 0 radical (unpaired) electrons.